The molecule has 4 nitrogen and oxygen atoms in total. The molecule has 4 rings (SSSR count). The molecule has 140 valence electrons. The summed E-state index contributed by atoms with van der Waals surface area (Å²) in [7, 11) is 2.26. The maximum atomic E-state index is 12.6. The number of aryl methyl sites for hydroxylation is 1. The van der Waals surface area contributed by atoms with E-state index in [-0.39, 0.29) is 5.91 Å². The molecule has 2 fully saturated rings. The smallest absolute Gasteiger partial charge is 0.255 e. The van der Waals surface area contributed by atoms with Crippen LogP contribution in [0.2, 0.25) is 0 Å². The summed E-state index contributed by atoms with van der Waals surface area (Å²) in [6.45, 7) is 2.07. The van der Waals surface area contributed by atoms with Crippen molar-refractivity contribution in [3.8, 4) is 0 Å². The second-order valence-corrected chi connectivity index (χ2v) is 7.87. The van der Waals surface area contributed by atoms with Gasteiger partial charge >= 0.3 is 0 Å². The van der Waals surface area contributed by atoms with Crippen LogP contribution in [0.1, 0.15) is 47.2 Å². The Morgan fingerprint density at radius 3 is 2.52 bits per heavy atom. The van der Waals surface area contributed by atoms with Crippen molar-refractivity contribution in [1.82, 2.24) is 4.90 Å². The van der Waals surface area contributed by atoms with Gasteiger partial charge in [-0.25, -0.2) is 0 Å². The van der Waals surface area contributed by atoms with E-state index >= 15 is 0 Å². The van der Waals surface area contributed by atoms with Crippen molar-refractivity contribution >= 4 is 23.4 Å². The number of carbonyl (C=O) groups is 1. The molecule has 2 unspecified atom stereocenters. The van der Waals surface area contributed by atoms with Crippen LogP contribution in [-0.4, -0.2) is 29.9 Å². The van der Waals surface area contributed by atoms with Crippen LogP contribution < -0.4 is 11.1 Å². The third-order valence-corrected chi connectivity index (χ3v) is 6.08. The number of carbonyl (C=O) groups excluding carboxylic acids is 1. The number of rotatable bonds is 3. The molecule has 3 N–H and O–H groups in total. The topological polar surface area (TPSA) is 58.4 Å². The molecular formula is C23H27N3O. The monoisotopic (exact) mass is 361 g/mol. The molecule has 2 aliphatic rings. The second-order valence-electron chi connectivity index (χ2n) is 7.87. The van der Waals surface area contributed by atoms with Gasteiger partial charge in [-0.05, 0) is 75.0 Å². The number of fused-ring (bicyclic) bond motifs is 2. The fraction of sp³-hybridized carbons (Fsp3) is 0.348. The third-order valence-electron chi connectivity index (χ3n) is 6.08. The minimum Gasteiger partial charge on any atom is -0.397 e. The molecule has 0 spiro atoms. The highest BCUT2D eigenvalue weighted by atomic mass is 16.1. The Bertz CT molecular complexity index is 886. The first-order chi connectivity index (χ1) is 13.0. The van der Waals surface area contributed by atoms with E-state index in [4.69, 9.17) is 5.73 Å². The van der Waals surface area contributed by atoms with Gasteiger partial charge in [0.05, 0.1) is 11.4 Å². The SMILES string of the molecule is Cc1cc(C(=O)Nc2ccccc2N)ccc1C=C1CC2CCC(C1)N2C. The number of para-hydroxylation sites is 2. The zero-order chi connectivity index (χ0) is 19.0. The maximum Gasteiger partial charge on any atom is 0.255 e. The lowest BCUT2D eigenvalue weighted by Gasteiger charge is -2.32. The summed E-state index contributed by atoms with van der Waals surface area (Å²) in [5.74, 6) is -0.132. The van der Waals surface area contributed by atoms with Gasteiger partial charge in [0.15, 0.2) is 0 Å². The van der Waals surface area contributed by atoms with Crippen molar-refractivity contribution in [1.29, 1.82) is 0 Å². The Labute approximate surface area is 161 Å². The highest BCUT2D eigenvalue weighted by Gasteiger charge is 2.35. The van der Waals surface area contributed by atoms with Crippen LogP contribution in [0, 0.1) is 6.92 Å². The summed E-state index contributed by atoms with van der Waals surface area (Å²) >= 11 is 0. The van der Waals surface area contributed by atoms with Crippen molar-refractivity contribution in [2.45, 2.75) is 44.7 Å². The molecule has 2 saturated heterocycles. The summed E-state index contributed by atoms with van der Waals surface area (Å²) < 4.78 is 0. The van der Waals surface area contributed by atoms with E-state index in [9.17, 15) is 4.79 Å². The Kier molecular flexibility index (Phi) is 4.75. The third kappa shape index (κ3) is 3.62. The lowest BCUT2D eigenvalue weighted by molar-refractivity contribution is 0.102. The van der Waals surface area contributed by atoms with Gasteiger partial charge in [-0.1, -0.05) is 29.8 Å². The van der Waals surface area contributed by atoms with Crippen LogP contribution >= 0.6 is 0 Å². The largest absolute Gasteiger partial charge is 0.397 e. The molecule has 2 heterocycles. The number of nitrogens with zero attached hydrogens (tertiary/aromatic N) is 1. The molecule has 0 aromatic heterocycles. The van der Waals surface area contributed by atoms with Crippen LogP contribution in [0.4, 0.5) is 11.4 Å². The first kappa shape index (κ1) is 17.8. The molecule has 0 saturated carbocycles. The second kappa shape index (κ2) is 7.20. The number of anilines is 2. The van der Waals surface area contributed by atoms with Gasteiger partial charge in [-0.15, -0.1) is 0 Å². The number of nitrogen functional groups attached to an aromatic ring is 1. The van der Waals surface area contributed by atoms with Crippen molar-refractivity contribution in [3.63, 3.8) is 0 Å². The van der Waals surface area contributed by atoms with Gasteiger partial charge in [0.2, 0.25) is 0 Å². The van der Waals surface area contributed by atoms with E-state index in [0.717, 1.165) is 5.56 Å². The molecule has 4 heteroatoms. The number of piperidine rings is 1. The summed E-state index contributed by atoms with van der Waals surface area (Å²) in [5.41, 5.74) is 11.7. The molecule has 2 aromatic carbocycles. The van der Waals surface area contributed by atoms with E-state index in [0.29, 0.717) is 29.0 Å². The number of hydrogen-bond donors (Lipinski definition) is 2. The van der Waals surface area contributed by atoms with Crippen molar-refractivity contribution in [2.24, 2.45) is 0 Å². The predicted octanol–water partition coefficient (Wildman–Crippen LogP) is 4.47. The molecule has 2 aromatic rings. The lowest BCUT2D eigenvalue weighted by atomic mass is 9.93. The van der Waals surface area contributed by atoms with Crippen LogP contribution in [0.25, 0.3) is 6.08 Å². The van der Waals surface area contributed by atoms with Gasteiger partial charge in [0, 0.05) is 17.6 Å². The Hall–Kier alpha value is -2.59. The molecule has 27 heavy (non-hydrogen) atoms. The molecule has 1 amide bonds. The zero-order valence-corrected chi connectivity index (χ0v) is 16.0. The number of hydrogen-bond acceptors (Lipinski definition) is 3. The quantitative estimate of drug-likeness (QED) is 0.793. The Morgan fingerprint density at radius 1 is 1.15 bits per heavy atom. The van der Waals surface area contributed by atoms with E-state index < -0.39 is 0 Å². The molecule has 0 aliphatic carbocycles. The zero-order valence-electron chi connectivity index (χ0n) is 16.0. The minimum absolute atomic E-state index is 0.132. The summed E-state index contributed by atoms with van der Waals surface area (Å²) in [5, 5.41) is 2.89. The first-order valence-corrected chi connectivity index (χ1v) is 9.69. The standard InChI is InChI=1S/C23H27N3O/c1-15-11-18(23(27)25-22-6-4-3-5-21(22)24)8-7-17(15)12-16-13-19-9-10-20(14-16)26(19)2/h3-8,11-12,19-20H,9-10,13-14,24H2,1-2H3,(H,25,27). The average molecular weight is 361 g/mol. The number of amides is 1. The summed E-state index contributed by atoms with van der Waals surface area (Å²) in [6, 6.07) is 14.6. The number of nitrogens with two attached hydrogens (primary N) is 1. The molecular weight excluding hydrogens is 334 g/mol. The normalized spacial score (nSPS) is 21.9. The molecule has 2 atom stereocenters. The Balaban J connectivity index is 1.50. The maximum absolute atomic E-state index is 12.6. The van der Waals surface area contributed by atoms with Crippen LogP contribution in [0.3, 0.4) is 0 Å². The van der Waals surface area contributed by atoms with E-state index in [1.54, 1.807) is 6.07 Å². The highest BCUT2D eigenvalue weighted by Crippen LogP contribution is 2.38. The van der Waals surface area contributed by atoms with Crippen molar-refractivity contribution in [3.05, 3.63) is 64.7 Å². The summed E-state index contributed by atoms with van der Waals surface area (Å²) in [4.78, 5) is 15.1. The van der Waals surface area contributed by atoms with E-state index in [1.807, 2.05) is 30.3 Å². The van der Waals surface area contributed by atoms with Crippen LogP contribution in [0.5, 0.6) is 0 Å². The van der Waals surface area contributed by atoms with Gasteiger partial charge < -0.3 is 11.1 Å². The summed E-state index contributed by atoms with van der Waals surface area (Å²) in [6.07, 6.45) is 7.31. The van der Waals surface area contributed by atoms with Crippen LogP contribution in [0.15, 0.2) is 48.0 Å². The molecule has 2 aliphatic heterocycles. The predicted molar refractivity (Wildman–Crippen MR) is 112 cm³/mol. The number of nitrogens with one attached hydrogen (secondary N) is 1. The Morgan fingerprint density at radius 2 is 1.85 bits per heavy atom. The highest BCUT2D eigenvalue weighted by molar-refractivity contribution is 6.06. The van der Waals surface area contributed by atoms with E-state index in [1.165, 1.54) is 36.8 Å². The first-order valence-electron chi connectivity index (χ1n) is 9.69. The van der Waals surface area contributed by atoms with Gasteiger partial charge in [0.1, 0.15) is 0 Å². The van der Waals surface area contributed by atoms with Gasteiger partial charge in [-0.3, -0.25) is 9.69 Å². The van der Waals surface area contributed by atoms with Crippen molar-refractivity contribution < 1.29 is 4.79 Å². The molecule has 2 bridgehead atoms. The van der Waals surface area contributed by atoms with Gasteiger partial charge in [-0.2, -0.15) is 0 Å². The van der Waals surface area contributed by atoms with Gasteiger partial charge in [0.25, 0.3) is 5.91 Å². The minimum atomic E-state index is -0.132. The number of benzene rings is 2. The average Bonchev–Trinajstić information content (AvgIpc) is 2.86. The molecule has 0 radical (unpaired) electrons. The van der Waals surface area contributed by atoms with Crippen LogP contribution in [-0.2, 0) is 0 Å². The fourth-order valence-corrected chi connectivity index (χ4v) is 4.39. The van der Waals surface area contributed by atoms with Crippen molar-refractivity contribution in [2.75, 3.05) is 18.1 Å². The van der Waals surface area contributed by atoms with E-state index in [2.05, 4.69) is 36.3 Å². The fourth-order valence-electron chi connectivity index (χ4n) is 4.39. The lowest BCUT2D eigenvalue weighted by Crippen LogP contribution is -2.36.